The highest BCUT2D eigenvalue weighted by atomic mass is 19.1. The minimum absolute atomic E-state index is 0.0223. The SMILES string of the molecule is C[CH]C1(c2ccc(F)cc2)CC1c1ccc(F)cc1. The molecule has 0 amide bonds. The van der Waals surface area contributed by atoms with Crippen LogP contribution in [0.3, 0.4) is 0 Å². The third-order valence-electron chi connectivity index (χ3n) is 4.17. The van der Waals surface area contributed by atoms with Crippen molar-refractivity contribution in [2.75, 3.05) is 0 Å². The lowest BCUT2D eigenvalue weighted by atomic mass is 9.88. The minimum Gasteiger partial charge on any atom is -0.207 e. The lowest BCUT2D eigenvalue weighted by Crippen LogP contribution is -2.09. The van der Waals surface area contributed by atoms with Crippen LogP contribution in [0.15, 0.2) is 48.5 Å². The maximum Gasteiger partial charge on any atom is 0.123 e. The van der Waals surface area contributed by atoms with Gasteiger partial charge in [-0.2, -0.15) is 0 Å². The summed E-state index contributed by atoms with van der Waals surface area (Å²) in [5.41, 5.74) is 2.25. The molecule has 1 saturated carbocycles. The Morgan fingerprint density at radius 2 is 1.47 bits per heavy atom. The quantitative estimate of drug-likeness (QED) is 0.753. The summed E-state index contributed by atoms with van der Waals surface area (Å²) < 4.78 is 26.0. The van der Waals surface area contributed by atoms with E-state index in [0.29, 0.717) is 5.92 Å². The molecule has 1 fully saturated rings. The van der Waals surface area contributed by atoms with E-state index in [9.17, 15) is 8.78 Å². The van der Waals surface area contributed by atoms with Crippen molar-refractivity contribution in [1.82, 2.24) is 0 Å². The topological polar surface area (TPSA) is 0 Å². The normalized spacial score (nSPS) is 25.3. The third-order valence-corrected chi connectivity index (χ3v) is 4.17. The Bertz CT molecular complexity index is 571. The summed E-state index contributed by atoms with van der Waals surface area (Å²) in [5.74, 6) is -0.0604. The van der Waals surface area contributed by atoms with Crippen molar-refractivity contribution in [3.63, 3.8) is 0 Å². The van der Waals surface area contributed by atoms with Crippen LogP contribution in [0.25, 0.3) is 0 Å². The van der Waals surface area contributed by atoms with Crippen molar-refractivity contribution in [3.8, 4) is 0 Å². The molecule has 1 radical (unpaired) electrons. The Morgan fingerprint density at radius 3 is 2.00 bits per heavy atom. The molecule has 2 atom stereocenters. The summed E-state index contributed by atoms with van der Waals surface area (Å²) >= 11 is 0. The van der Waals surface area contributed by atoms with Gasteiger partial charge in [0.05, 0.1) is 0 Å². The summed E-state index contributed by atoms with van der Waals surface area (Å²) in [5, 5.41) is 0. The zero-order valence-electron chi connectivity index (χ0n) is 10.7. The number of rotatable bonds is 3. The average molecular weight is 257 g/mol. The molecule has 2 heteroatoms. The Hall–Kier alpha value is -1.70. The van der Waals surface area contributed by atoms with Gasteiger partial charge in [-0.25, -0.2) is 8.78 Å². The average Bonchev–Trinajstić information content (AvgIpc) is 3.16. The van der Waals surface area contributed by atoms with Crippen molar-refractivity contribution in [1.29, 1.82) is 0 Å². The molecule has 1 aliphatic rings. The highest BCUT2D eigenvalue weighted by Gasteiger charge is 2.54. The van der Waals surface area contributed by atoms with Gasteiger partial charge in [-0.05, 0) is 54.2 Å². The van der Waals surface area contributed by atoms with E-state index in [1.807, 2.05) is 31.2 Å². The lowest BCUT2D eigenvalue weighted by molar-refractivity contribution is 0.624. The van der Waals surface area contributed by atoms with Crippen LogP contribution in [0.4, 0.5) is 8.78 Å². The molecule has 2 aromatic rings. The second-order valence-corrected chi connectivity index (χ2v) is 5.14. The molecule has 19 heavy (non-hydrogen) atoms. The highest BCUT2D eigenvalue weighted by molar-refractivity contribution is 5.46. The lowest BCUT2D eigenvalue weighted by Gasteiger charge is -2.16. The maximum absolute atomic E-state index is 13.0. The van der Waals surface area contributed by atoms with Crippen LogP contribution < -0.4 is 0 Å². The van der Waals surface area contributed by atoms with Crippen LogP contribution in [0.2, 0.25) is 0 Å². The Balaban J connectivity index is 1.91. The smallest absolute Gasteiger partial charge is 0.123 e. The molecule has 0 heterocycles. The Morgan fingerprint density at radius 1 is 0.947 bits per heavy atom. The predicted molar refractivity (Wildman–Crippen MR) is 71.8 cm³/mol. The number of halogens is 2. The van der Waals surface area contributed by atoms with Crippen LogP contribution in [-0.2, 0) is 5.41 Å². The Labute approximate surface area is 112 Å². The van der Waals surface area contributed by atoms with Gasteiger partial charge < -0.3 is 0 Å². The van der Waals surface area contributed by atoms with Gasteiger partial charge in [-0.15, -0.1) is 0 Å². The zero-order valence-corrected chi connectivity index (χ0v) is 10.7. The first kappa shape index (κ1) is 12.3. The van der Waals surface area contributed by atoms with Crippen LogP contribution in [0.5, 0.6) is 0 Å². The van der Waals surface area contributed by atoms with E-state index >= 15 is 0 Å². The predicted octanol–water partition coefficient (Wildman–Crippen LogP) is 4.61. The zero-order chi connectivity index (χ0) is 13.5. The molecule has 0 N–H and O–H groups in total. The third kappa shape index (κ3) is 2.05. The second kappa shape index (κ2) is 4.44. The number of hydrogen-bond donors (Lipinski definition) is 0. The van der Waals surface area contributed by atoms with Gasteiger partial charge >= 0.3 is 0 Å². The van der Waals surface area contributed by atoms with Crippen LogP contribution in [0.1, 0.15) is 30.4 Å². The van der Waals surface area contributed by atoms with Crippen LogP contribution >= 0.6 is 0 Å². The van der Waals surface area contributed by atoms with E-state index in [1.165, 1.54) is 24.3 Å². The second-order valence-electron chi connectivity index (χ2n) is 5.14. The summed E-state index contributed by atoms with van der Waals surface area (Å²) in [7, 11) is 0. The van der Waals surface area contributed by atoms with Gasteiger partial charge in [0.2, 0.25) is 0 Å². The van der Waals surface area contributed by atoms with Gasteiger partial charge in [0.1, 0.15) is 11.6 Å². The van der Waals surface area contributed by atoms with E-state index in [2.05, 4.69) is 6.42 Å². The van der Waals surface area contributed by atoms with Gasteiger partial charge in [0, 0.05) is 5.41 Å². The van der Waals surface area contributed by atoms with E-state index in [-0.39, 0.29) is 17.0 Å². The van der Waals surface area contributed by atoms with Gasteiger partial charge in [0.25, 0.3) is 0 Å². The van der Waals surface area contributed by atoms with Gasteiger partial charge in [-0.3, -0.25) is 0 Å². The number of hydrogen-bond acceptors (Lipinski definition) is 0. The van der Waals surface area contributed by atoms with Crippen molar-refractivity contribution in [2.45, 2.75) is 24.7 Å². The van der Waals surface area contributed by atoms with E-state index in [0.717, 1.165) is 17.5 Å². The molecule has 2 unspecified atom stereocenters. The first-order valence-corrected chi connectivity index (χ1v) is 6.48. The van der Waals surface area contributed by atoms with Gasteiger partial charge in [0.15, 0.2) is 0 Å². The Kier molecular flexibility index (Phi) is 2.89. The molecule has 0 nitrogen and oxygen atoms in total. The van der Waals surface area contributed by atoms with Gasteiger partial charge in [-0.1, -0.05) is 31.2 Å². The minimum atomic E-state index is -0.214. The van der Waals surface area contributed by atoms with Crippen molar-refractivity contribution in [2.24, 2.45) is 0 Å². The monoisotopic (exact) mass is 257 g/mol. The fraction of sp³-hybridized carbons (Fsp3) is 0.235. The fourth-order valence-corrected chi connectivity index (χ4v) is 2.95. The first-order valence-electron chi connectivity index (χ1n) is 6.48. The highest BCUT2D eigenvalue weighted by Crippen LogP contribution is 2.62. The molecule has 3 rings (SSSR count). The standard InChI is InChI=1S/C17H15F2/c1-2-17(13-5-9-15(19)10-6-13)11-16(17)12-3-7-14(18)8-4-12/h2-10,16H,11H2,1H3. The molecule has 2 aromatic carbocycles. The molecule has 0 saturated heterocycles. The summed E-state index contributed by atoms with van der Waals surface area (Å²) in [6.07, 6.45) is 3.18. The van der Waals surface area contributed by atoms with Crippen molar-refractivity contribution >= 4 is 0 Å². The molecular weight excluding hydrogens is 242 g/mol. The maximum atomic E-state index is 13.0. The molecule has 0 aliphatic heterocycles. The van der Waals surface area contributed by atoms with Crippen LogP contribution in [-0.4, -0.2) is 0 Å². The fourth-order valence-electron chi connectivity index (χ4n) is 2.95. The summed E-state index contributed by atoms with van der Waals surface area (Å²) in [4.78, 5) is 0. The molecule has 1 aliphatic carbocycles. The molecule has 0 aromatic heterocycles. The van der Waals surface area contributed by atoms with E-state index in [1.54, 1.807) is 0 Å². The largest absolute Gasteiger partial charge is 0.207 e. The summed E-state index contributed by atoms with van der Waals surface area (Å²) in [6, 6.07) is 13.4. The van der Waals surface area contributed by atoms with E-state index < -0.39 is 0 Å². The molecular formula is C17H15F2. The molecule has 0 spiro atoms. The number of benzene rings is 2. The first-order chi connectivity index (χ1) is 9.15. The van der Waals surface area contributed by atoms with Crippen molar-refractivity contribution in [3.05, 3.63) is 77.7 Å². The summed E-state index contributed by atoms with van der Waals surface area (Å²) in [6.45, 7) is 2.03. The van der Waals surface area contributed by atoms with Crippen molar-refractivity contribution < 1.29 is 8.78 Å². The van der Waals surface area contributed by atoms with Crippen LogP contribution in [0, 0.1) is 18.1 Å². The van der Waals surface area contributed by atoms with E-state index in [4.69, 9.17) is 0 Å². The molecule has 0 bridgehead atoms. The molecule has 97 valence electrons.